The van der Waals surface area contributed by atoms with Crippen LogP contribution >= 0.6 is 0 Å². The highest BCUT2D eigenvalue weighted by Crippen LogP contribution is 2.36. The number of hydrogen-bond donors (Lipinski definition) is 0. The van der Waals surface area contributed by atoms with Gasteiger partial charge in [0.05, 0.1) is 0 Å². The van der Waals surface area contributed by atoms with E-state index in [1.165, 1.54) is 12.1 Å². The van der Waals surface area contributed by atoms with Crippen molar-refractivity contribution >= 4 is 5.97 Å². The van der Waals surface area contributed by atoms with Crippen molar-refractivity contribution < 1.29 is 31.5 Å². The second-order valence-corrected chi connectivity index (χ2v) is 3.27. The van der Waals surface area contributed by atoms with Gasteiger partial charge in [0.15, 0.2) is 0 Å². The Morgan fingerprint density at radius 3 is 1.94 bits per heavy atom. The van der Waals surface area contributed by atoms with Gasteiger partial charge in [-0.2, -0.15) is 22.0 Å². The summed E-state index contributed by atoms with van der Waals surface area (Å²) in [5.41, 5.74) is 0.743. The maximum Gasteiger partial charge on any atom is 0.465 e. The van der Waals surface area contributed by atoms with Crippen molar-refractivity contribution in [3.63, 3.8) is 0 Å². The summed E-state index contributed by atoms with van der Waals surface area (Å²) < 4.78 is 64.3. The van der Waals surface area contributed by atoms with Gasteiger partial charge in [-0.15, -0.1) is 0 Å². The molecule has 17 heavy (non-hydrogen) atoms. The number of alkyl halides is 5. The number of benzene rings is 1. The Bertz CT molecular complexity index is 408. The van der Waals surface area contributed by atoms with E-state index in [1.54, 1.807) is 6.92 Å². The second kappa shape index (κ2) is 4.31. The fourth-order valence-electron chi connectivity index (χ4n) is 0.893. The first-order chi connectivity index (χ1) is 7.64. The van der Waals surface area contributed by atoms with E-state index in [0.29, 0.717) is 0 Å². The molecule has 0 saturated carbocycles. The standard InChI is InChI=1S/C10H7F5O2/c1-6-2-4-7(5-3-6)17-8(16)9(11,12)10(13,14)15/h2-5H,1H3. The molecule has 0 atom stereocenters. The van der Waals surface area contributed by atoms with Crippen molar-refractivity contribution in [2.24, 2.45) is 0 Å². The predicted octanol–water partition coefficient (Wildman–Crippen LogP) is 3.10. The quantitative estimate of drug-likeness (QED) is 0.460. The Hall–Kier alpha value is -1.66. The van der Waals surface area contributed by atoms with Crippen LogP contribution in [-0.4, -0.2) is 18.1 Å². The molecule has 0 radical (unpaired) electrons. The molecule has 0 aliphatic heterocycles. The number of ether oxygens (including phenoxy) is 1. The lowest BCUT2D eigenvalue weighted by Crippen LogP contribution is -2.46. The molecule has 0 aromatic heterocycles. The van der Waals surface area contributed by atoms with Crippen molar-refractivity contribution in [1.82, 2.24) is 0 Å². The number of carbonyl (C=O) groups is 1. The summed E-state index contributed by atoms with van der Waals surface area (Å²) in [7, 11) is 0. The molecule has 1 aromatic carbocycles. The molecule has 2 nitrogen and oxygen atoms in total. The van der Waals surface area contributed by atoms with Gasteiger partial charge in [-0.3, -0.25) is 0 Å². The van der Waals surface area contributed by atoms with Crippen LogP contribution in [0.5, 0.6) is 5.75 Å². The van der Waals surface area contributed by atoms with Gasteiger partial charge in [0.25, 0.3) is 0 Å². The second-order valence-electron chi connectivity index (χ2n) is 3.27. The van der Waals surface area contributed by atoms with E-state index in [4.69, 9.17) is 0 Å². The molecule has 7 heteroatoms. The monoisotopic (exact) mass is 254 g/mol. The van der Waals surface area contributed by atoms with Crippen molar-refractivity contribution in [3.05, 3.63) is 29.8 Å². The summed E-state index contributed by atoms with van der Waals surface area (Å²) >= 11 is 0. The minimum atomic E-state index is -5.96. The highest BCUT2D eigenvalue weighted by atomic mass is 19.4. The SMILES string of the molecule is Cc1ccc(OC(=O)C(F)(F)C(F)(F)F)cc1. The number of aryl methyl sites for hydroxylation is 1. The van der Waals surface area contributed by atoms with Gasteiger partial charge in [0.2, 0.25) is 0 Å². The van der Waals surface area contributed by atoms with E-state index in [-0.39, 0.29) is 5.75 Å². The third kappa shape index (κ3) is 2.92. The number of halogens is 5. The normalized spacial score (nSPS) is 12.4. The molecule has 1 rings (SSSR count). The Balaban J connectivity index is 2.83. The zero-order valence-corrected chi connectivity index (χ0v) is 8.52. The number of rotatable bonds is 2. The zero-order valence-electron chi connectivity index (χ0n) is 8.52. The van der Waals surface area contributed by atoms with Gasteiger partial charge in [-0.25, -0.2) is 4.79 Å². The van der Waals surface area contributed by atoms with Crippen molar-refractivity contribution in [2.45, 2.75) is 19.0 Å². The molecule has 1 aromatic rings. The molecule has 0 aliphatic carbocycles. The zero-order chi connectivity index (χ0) is 13.3. The molecule has 0 amide bonds. The molecule has 0 unspecified atom stereocenters. The molecule has 0 bridgehead atoms. The number of esters is 1. The first-order valence-corrected chi connectivity index (χ1v) is 4.38. The Labute approximate surface area is 93.0 Å². The maximum absolute atomic E-state index is 12.5. The lowest BCUT2D eigenvalue weighted by Gasteiger charge is -2.17. The van der Waals surface area contributed by atoms with Crippen LogP contribution in [0.4, 0.5) is 22.0 Å². The van der Waals surface area contributed by atoms with Crippen LogP contribution in [0.15, 0.2) is 24.3 Å². The molecule has 94 valence electrons. The number of carbonyl (C=O) groups excluding carboxylic acids is 1. The maximum atomic E-state index is 12.5. The first kappa shape index (κ1) is 13.4. The highest BCUT2D eigenvalue weighted by molar-refractivity contribution is 5.80. The van der Waals surface area contributed by atoms with Crippen LogP contribution in [0.2, 0.25) is 0 Å². The average Bonchev–Trinajstić information content (AvgIpc) is 2.19. The van der Waals surface area contributed by atoms with Gasteiger partial charge in [0.1, 0.15) is 5.75 Å². The fraction of sp³-hybridized carbons (Fsp3) is 0.300. The average molecular weight is 254 g/mol. The van der Waals surface area contributed by atoms with Crippen LogP contribution in [0.3, 0.4) is 0 Å². The van der Waals surface area contributed by atoms with E-state index < -0.39 is 18.1 Å². The molecule has 0 aliphatic rings. The van der Waals surface area contributed by atoms with E-state index in [2.05, 4.69) is 4.74 Å². The molecule has 0 spiro atoms. The van der Waals surface area contributed by atoms with Crippen LogP contribution in [0, 0.1) is 6.92 Å². The largest absolute Gasteiger partial charge is 0.465 e. The van der Waals surface area contributed by atoms with Crippen LogP contribution in [0.1, 0.15) is 5.56 Å². The molecular formula is C10H7F5O2. The lowest BCUT2D eigenvalue weighted by molar-refractivity contribution is -0.276. The topological polar surface area (TPSA) is 26.3 Å². The number of hydrogen-bond acceptors (Lipinski definition) is 2. The van der Waals surface area contributed by atoms with Gasteiger partial charge >= 0.3 is 18.1 Å². The molecule has 0 saturated heterocycles. The van der Waals surface area contributed by atoms with E-state index >= 15 is 0 Å². The summed E-state index contributed by atoms with van der Waals surface area (Å²) in [6.45, 7) is 1.68. The minimum absolute atomic E-state index is 0.371. The summed E-state index contributed by atoms with van der Waals surface area (Å²) in [5, 5.41) is 0. The van der Waals surface area contributed by atoms with E-state index in [0.717, 1.165) is 17.7 Å². The van der Waals surface area contributed by atoms with Crippen LogP contribution < -0.4 is 4.74 Å². The fourth-order valence-corrected chi connectivity index (χ4v) is 0.893. The molecule has 0 fully saturated rings. The molecule has 0 heterocycles. The Morgan fingerprint density at radius 1 is 1.06 bits per heavy atom. The van der Waals surface area contributed by atoms with Crippen LogP contribution in [-0.2, 0) is 4.79 Å². The van der Waals surface area contributed by atoms with Crippen LogP contribution in [0.25, 0.3) is 0 Å². The summed E-state index contributed by atoms with van der Waals surface area (Å²) in [4.78, 5) is 10.7. The smallest absolute Gasteiger partial charge is 0.422 e. The van der Waals surface area contributed by atoms with E-state index in [1.807, 2.05) is 0 Å². The van der Waals surface area contributed by atoms with Gasteiger partial charge in [-0.1, -0.05) is 17.7 Å². The molecular weight excluding hydrogens is 247 g/mol. The van der Waals surface area contributed by atoms with Gasteiger partial charge < -0.3 is 4.74 Å². The third-order valence-corrected chi connectivity index (χ3v) is 1.84. The first-order valence-electron chi connectivity index (χ1n) is 4.38. The minimum Gasteiger partial charge on any atom is -0.422 e. The van der Waals surface area contributed by atoms with Gasteiger partial charge in [0, 0.05) is 0 Å². The van der Waals surface area contributed by atoms with Gasteiger partial charge in [-0.05, 0) is 19.1 Å². The summed E-state index contributed by atoms with van der Waals surface area (Å²) in [6, 6.07) is 5.07. The lowest BCUT2D eigenvalue weighted by atomic mass is 10.2. The van der Waals surface area contributed by atoms with E-state index in [9.17, 15) is 26.7 Å². The summed E-state index contributed by atoms with van der Waals surface area (Å²) in [6.07, 6.45) is -5.96. The Kier molecular flexibility index (Phi) is 3.40. The highest BCUT2D eigenvalue weighted by Gasteiger charge is 2.65. The third-order valence-electron chi connectivity index (χ3n) is 1.84. The van der Waals surface area contributed by atoms with Crippen molar-refractivity contribution in [1.29, 1.82) is 0 Å². The predicted molar refractivity (Wildman–Crippen MR) is 47.8 cm³/mol. The van der Waals surface area contributed by atoms with Crippen molar-refractivity contribution in [2.75, 3.05) is 0 Å². The molecule has 0 N–H and O–H groups in total. The Morgan fingerprint density at radius 2 is 1.53 bits per heavy atom. The summed E-state index contributed by atoms with van der Waals surface area (Å²) in [5.74, 6) is -8.53. The van der Waals surface area contributed by atoms with Crippen molar-refractivity contribution in [3.8, 4) is 5.75 Å².